The minimum atomic E-state index is 0.146. The van der Waals surface area contributed by atoms with Crippen LogP contribution in [-0.4, -0.2) is 22.8 Å². The average molecular weight is 503 g/mol. The first-order valence-corrected chi connectivity index (χ1v) is 12.2. The molecule has 7 nitrogen and oxygen atoms in total. The minimum absolute atomic E-state index is 0.146. The fraction of sp³-hybridized carbons (Fsp3) is 0.259. The molecule has 2 aromatic heterocycles. The van der Waals surface area contributed by atoms with E-state index in [1.807, 2.05) is 48.9 Å². The molecule has 0 aliphatic rings. The highest BCUT2D eigenvalue weighted by molar-refractivity contribution is 7.07. The van der Waals surface area contributed by atoms with Gasteiger partial charge in [0.15, 0.2) is 0 Å². The van der Waals surface area contributed by atoms with Gasteiger partial charge in [0.2, 0.25) is 0 Å². The Hall–Kier alpha value is -3.46. The summed E-state index contributed by atoms with van der Waals surface area (Å²) >= 11 is 1.71. The zero-order valence-electron chi connectivity index (χ0n) is 21.0. The molecule has 2 aromatic carbocycles. The van der Waals surface area contributed by atoms with E-state index in [2.05, 4.69) is 11.3 Å². The summed E-state index contributed by atoms with van der Waals surface area (Å²) in [5.74, 6) is 0.292. The number of furan rings is 1. The van der Waals surface area contributed by atoms with Crippen molar-refractivity contribution in [3.8, 4) is 11.5 Å². The zero-order valence-corrected chi connectivity index (χ0v) is 21.8. The van der Waals surface area contributed by atoms with Gasteiger partial charge in [0.05, 0.1) is 23.9 Å². The van der Waals surface area contributed by atoms with E-state index in [-0.39, 0.29) is 11.5 Å². The molecular weight excluding hydrogens is 460 g/mol. The molecule has 0 unspecified atom stereocenters. The Balaban J connectivity index is 0. The van der Waals surface area contributed by atoms with Crippen LogP contribution in [0.5, 0.6) is 11.5 Å². The van der Waals surface area contributed by atoms with Gasteiger partial charge in [-0.15, -0.1) is 0 Å². The van der Waals surface area contributed by atoms with Gasteiger partial charge in [0.25, 0.3) is 0 Å². The number of rotatable bonds is 2. The molecule has 0 saturated heterocycles. The van der Waals surface area contributed by atoms with E-state index in [1.54, 1.807) is 72.4 Å². The number of para-hydroxylation sites is 4. The molecule has 0 radical (unpaired) electrons. The summed E-state index contributed by atoms with van der Waals surface area (Å²) in [6, 6.07) is 21.4. The highest BCUT2D eigenvalue weighted by Crippen LogP contribution is 2.16. The monoisotopic (exact) mass is 502 g/mol. The lowest BCUT2D eigenvalue weighted by molar-refractivity contribution is 0.477. The van der Waals surface area contributed by atoms with Gasteiger partial charge < -0.3 is 37.6 Å². The molecule has 0 saturated carbocycles. The lowest BCUT2D eigenvalue weighted by Crippen LogP contribution is -2.06. The maximum Gasteiger partial charge on any atom is 0.138 e. The molecule has 194 valence electrons. The van der Waals surface area contributed by atoms with Gasteiger partial charge in [0.1, 0.15) is 11.5 Å². The Labute approximate surface area is 214 Å². The molecule has 0 aliphatic carbocycles. The molecule has 0 fully saturated rings. The third-order valence-corrected chi connectivity index (χ3v) is 3.91. The van der Waals surface area contributed by atoms with E-state index in [4.69, 9.17) is 33.1 Å². The largest absolute Gasteiger partial charge is 0.506 e. The first-order valence-electron chi connectivity index (χ1n) is 11.2. The van der Waals surface area contributed by atoms with Crippen molar-refractivity contribution in [1.29, 1.82) is 0 Å². The number of nitrogens with two attached hydrogens (primary N) is 4. The molecule has 35 heavy (non-hydrogen) atoms. The molecule has 2 heterocycles. The number of benzene rings is 2. The van der Waals surface area contributed by atoms with Crippen LogP contribution in [0, 0.1) is 0 Å². The predicted octanol–water partition coefficient (Wildman–Crippen LogP) is 6.08. The summed E-state index contributed by atoms with van der Waals surface area (Å²) in [6.45, 7) is 6.86. The van der Waals surface area contributed by atoms with Crippen molar-refractivity contribution in [2.75, 3.05) is 18.0 Å². The van der Waals surface area contributed by atoms with Crippen molar-refractivity contribution in [2.24, 2.45) is 11.5 Å². The maximum atomic E-state index is 8.79. The smallest absolute Gasteiger partial charge is 0.138 e. The van der Waals surface area contributed by atoms with Crippen LogP contribution in [0.25, 0.3) is 0 Å². The van der Waals surface area contributed by atoms with E-state index in [0.717, 1.165) is 6.54 Å². The van der Waals surface area contributed by atoms with Crippen molar-refractivity contribution < 1.29 is 14.6 Å². The second-order valence-electron chi connectivity index (χ2n) is 7.09. The molecule has 4 aromatic rings. The van der Waals surface area contributed by atoms with E-state index in [9.17, 15) is 0 Å². The molecule has 0 atom stereocenters. The first kappa shape index (κ1) is 33.7. The van der Waals surface area contributed by atoms with Gasteiger partial charge in [-0.2, -0.15) is 11.3 Å². The molecular formula is C27H42N4O3S. The molecule has 4 rings (SSSR count). The van der Waals surface area contributed by atoms with Crippen LogP contribution in [0.15, 0.2) is 101 Å². The van der Waals surface area contributed by atoms with Crippen molar-refractivity contribution in [1.82, 2.24) is 0 Å². The van der Waals surface area contributed by atoms with Crippen LogP contribution in [0.2, 0.25) is 0 Å². The van der Waals surface area contributed by atoms with Crippen LogP contribution in [-0.2, 0) is 0 Å². The second kappa shape index (κ2) is 25.2. The number of hydrogen-bond donors (Lipinski definition) is 6. The number of unbranched alkanes of at least 4 members (excludes halogenated alkanes) is 1. The third kappa shape index (κ3) is 26.7. The second-order valence-corrected chi connectivity index (χ2v) is 7.91. The Morgan fingerprint density at radius 1 is 0.771 bits per heavy atom. The van der Waals surface area contributed by atoms with E-state index < -0.39 is 0 Å². The van der Waals surface area contributed by atoms with Gasteiger partial charge in [-0.05, 0) is 66.2 Å². The summed E-state index contributed by atoms with van der Waals surface area (Å²) in [7, 11) is 0. The van der Waals surface area contributed by atoms with Crippen molar-refractivity contribution in [2.45, 2.75) is 39.7 Å². The van der Waals surface area contributed by atoms with Crippen LogP contribution in [0.3, 0.4) is 0 Å². The SMILES string of the molecule is CC(C)N.CCCCN.Nc1ccccc1O.Nc1ccccc1O.c1ccoc1.c1ccsc1. The Morgan fingerprint density at radius 3 is 1.31 bits per heavy atom. The number of anilines is 2. The topological polar surface area (TPSA) is 158 Å². The number of aromatic hydroxyl groups is 2. The van der Waals surface area contributed by atoms with Crippen molar-refractivity contribution in [3.05, 3.63) is 96.1 Å². The van der Waals surface area contributed by atoms with Crippen LogP contribution in [0.4, 0.5) is 11.4 Å². The van der Waals surface area contributed by atoms with Gasteiger partial charge in [-0.3, -0.25) is 0 Å². The summed E-state index contributed by atoms with van der Waals surface area (Å²) in [4.78, 5) is 0. The van der Waals surface area contributed by atoms with E-state index in [1.165, 1.54) is 12.8 Å². The normalized spacial score (nSPS) is 8.63. The van der Waals surface area contributed by atoms with Crippen LogP contribution in [0.1, 0.15) is 33.6 Å². The van der Waals surface area contributed by atoms with E-state index >= 15 is 0 Å². The molecule has 0 amide bonds. The lowest BCUT2D eigenvalue weighted by Gasteiger charge is -1.92. The number of hydrogen-bond acceptors (Lipinski definition) is 8. The summed E-state index contributed by atoms with van der Waals surface area (Å²) in [5.41, 5.74) is 21.6. The summed E-state index contributed by atoms with van der Waals surface area (Å²) in [5, 5.41) is 21.7. The number of phenols is 2. The molecule has 0 bridgehead atoms. The fourth-order valence-corrected chi connectivity index (χ4v) is 2.09. The maximum absolute atomic E-state index is 8.79. The number of phenolic OH excluding ortho intramolecular Hbond substituents is 2. The standard InChI is InChI=1S/2C6H7NO.C4H11N.C4H4O.C4H4S.C3H9N/c2*7-5-3-1-2-4-6(5)8;1-2-3-4-5;2*1-2-4-5-3-1;1-3(2)4/h2*1-4,8H,7H2;2-5H2,1H3;2*1-4H;3H,4H2,1-2H3. The fourth-order valence-electron chi connectivity index (χ4n) is 1.63. The predicted molar refractivity (Wildman–Crippen MR) is 151 cm³/mol. The summed E-state index contributed by atoms with van der Waals surface area (Å²) in [6.07, 6.45) is 5.64. The Kier molecular flexibility index (Phi) is 24.2. The average Bonchev–Trinajstić information content (AvgIpc) is 3.58. The lowest BCUT2D eigenvalue weighted by atomic mass is 10.3. The molecule has 0 aliphatic heterocycles. The molecule has 0 spiro atoms. The molecule has 10 N–H and O–H groups in total. The van der Waals surface area contributed by atoms with Crippen molar-refractivity contribution in [3.63, 3.8) is 0 Å². The number of nitrogen functional groups attached to an aromatic ring is 2. The highest BCUT2D eigenvalue weighted by Gasteiger charge is 1.88. The van der Waals surface area contributed by atoms with E-state index in [0.29, 0.717) is 17.4 Å². The first-order chi connectivity index (χ1) is 16.8. The number of thiophene rings is 1. The van der Waals surface area contributed by atoms with Gasteiger partial charge in [-0.1, -0.05) is 63.6 Å². The van der Waals surface area contributed by atoms with Crippen molar-refractivity contribution >= 4 is 22.7 Å². The van der Waals surface area contributed by atoms with Crippen LogP contribution >= 0.6 is 11.3 Å². The highest BCUT2D eigenvalue weighted by atomic mass is 32.1. The quantitative estimate of drug-likeness (QED) is 0.143. The zero-order chi connectivity index (χ0) is 26.7. The van der Waals surface area contributed by atoms with Gasteiger partial charge in [-0.25, -0.2) is 0 Å². The van der Waals surface area contributed by atoms with Gasteiger partial charge >= 0.3 is 0 Å². The minimum Gasteiger partial charge on any atom is -0.506 e. The van der Waals surface area contributed by atoms with Crippen LogP contribution < -0.4 is 22.9 Å². The Morgan fingerprint density at radius 2 is 1.17 bits per heavy atom. The third-order valence-electron chi connectivity index (χ3n) is 3.28. The molecule has 8 heteroatoms. The Bertz CT molecular complexity index is 752. The van der Waals surface area contributed by atoms with Gasteiger partial charge in [0, 0.05) is 0 Å². The summed E-state index contributed by atoms with van der Waals surface area (Å²) < 4.78 is 4.58.